The number of nitrogens with two attached hydrogens (primary N) is 2. The second-order valence-corrected chi connectivity index (χ2v) is 12.5. The van der Waals surface area contributed by atoms with Crippen LogP contribution in [0.25, 0.3) is 0 Å². The Labute approximate surface area is 274 Å². The maximum Gasteiger partial charge on any atom is 0.328 e. The van der Waals surface area contributed by atoms with Crippen LogP contribution in [-0.4, -0.2) is 73.0 Å². The monoisotopic (exact) mass is 659 g/mol. The first kappa shape index (κ1) is 37.8. The number of phenols is 1. The van der Waals surface area contributed by atoms with Crippen molar-refractivity contribution in [3.05, 3.63) is 65.7 Å². The number of carbonyl (C=O) groups is 5. The molecule has 8 N–H and O–H groups in total. The minimum Gasteiger partial charge on any atom is -0.730 e. The first-order chi connectivity index (χ1) is 21.0. The van der Waals surface area contributed by atoms with Crippen LogP contribution in [0, 0.1) is 11.8 Å². The van der Waals surface area contributed by atoms with Crippen LogP contribution < -0.4 is 22.1 Å². The second-order valence-electron chi connectivity index (χ2n) is 11.5. The van der Waals surface area contributed by atoms with Gasteiger partial charge in [0.15, 0.2) is 5.78 Å². The van der Waals surface area contributed by atoms with Gasteiger partial charge < -0.3 is 61.7 Å². The van der Waals surface area contributed by atoms with Crippen LogP contribution in [0.4, 0.5) is 0 Å². The van der Waals surface area contributed by atoms with Gasteiger partial charge in [-0.2, -0.15) is 0 Å². The van der Waals surface area contributed by atoms with Gasteiger partial charge in [-0.1, -0.05) is 63.2 Å². The van der Waals surface area contributed by atoms with Crippen LogP contribution in [0.15, 0.2) is 54.6 Å². The summed E-state index contributed by atoms with van der Waals surface area (Å²) in [6.07, 6.45) is -0.499. The predicted molar refractivity (Wildman–Crippen MR) is 173 cm³/mol. The quantitative estimate of drug-likeness (QED) is 0.103. The zero-order valence-corrected chi connectivity index (χ0v) is 27.3. The number of phenolic OH excluding ortho intramolecular Hbond substituents is 1. The van der Waals surface area contributed by atoms with Crippen molar-refractivity contribution in [1.82, 2.24) is 14.3 Å². The lowest BCUT2D eigenvalue weighted by molar-refractivity contribution is -0.156. The molecule has 0 heterocycles. The number of nitrogens with zero attached hydrogens (tertiary/aromatic N) is 1. The van der Waals surface area contributed by atoms with E-state index in [1.165, 1.54) is 26.0 Å². The fourth-order valence-corrected chi connectivity index (χ4v) is 5.50. The largest absolute Gasteiger partial charge is 0.730 e. The van der Waals surface area contributed by atoms with Crippen molar-refractivity contribution < 1.29 is 34.2 Å². The Bertz CT molecular complexity index is 1340. The molecule has 0 bridgehead atoms. The summed E-state index contributed by atoms with van der Waals surface area (Å²) in [5.41, 5.74) is 10.7. The fraction of sp³-hybridized carbons (Fsp3) is 0.452. The van der Waals surface area contributed by atoms with E-state index in [0.29, 0.717) is 14.8 Å². The van der Waals surface area contributed by atoms with E-state index in [4.69, 9.17) is 37.1 Å². The SMILES string of the molecule is CC(C)[C@@H](N)C(=O)N[C@@H](C)C(=O)N[C@@H](Cc1ccccc1)C(=O)[C@](C(=O)O)(C(C)CC(=O)[C@@H](N)Cc1ccc(O)cc1)N([S-])[S-]. The molecule has 0 fully saturated rings. The van der Waals surface area contributed by atoms with Crippen molar-refractivity contribution in [2.24, 2.45) is 23.3 Å². The highest BCUT2D eigenvalue weighted by Crippen LogP contribution is 2.31. The van der Waals surface area contributed by atoms with Crippen molar-refractivity contribution in [3.8, 4) is 5.75 Å². The summed E-state index contributed by atoms with van der Waals surface area (Å²) < 4.78 is 0.415. The molecule has 2 rings (SSSR count). The van der Waals surface area contributed by atoms with Crippen LogP contribution in [-0.2, 0) is 62.4 Å². The number of Topliss-reactive ketones (excluding diaryl/α,β-unsaturated/α-hetero) is 2. The number of hydrogen-bond acceptors (Lipinski definition) is 11. The van der Waals surface area contributed by atoms with Gasteiger partial charge in [0, 0.05) is 6.42 Å². The molecule has 0 spiro atoms. The van der Waals surface area contributed by atoms with E-state index in [2.05, 4.69) is 10.6 Å². The molecular weight excluding hydrogens is 619 g/mol. The third kappa shape index (κ3) is 9.78. The van der Waals surface area contributed by atoms with Crippen molar-refractivity contribution in [2.75, 3.05) is 0 Å². The lowest BCUT2D eigenvalue weighted by Crippen LogP contribution is -2.67. The average molecular weight is 660 g/mol. The van der Waals surface area contributed by atoms with Gasteiger partial charge in [-0.05, 0) is 54.9 Å². The number of amides is 2. The molecule has 6 atom stereocenters. The molecule has 0 aliphatic rings. The zero-order chi connectivity index (χ0) is 34.1. The third-order valence-corrected chi connectivity index (χ3v) is 8.28. The summed E-state index contributed by atoms with van der Waals surface area (Å²) in [5, 5.41) is 25.1. The van der Waals surface area contributed by atoms with Gasteiger partial charge in [-0.25, -0.2) is 4.79 Å². The Morgan fingerprint density at radius 2 is 1.40 bits per heavy atom. The predicted octanol–water partition coefficient (Wildman–Crippen LogP) is 0.691. The van der Waals surface area contributed by atoms with Crippen molar-refractivity contribution >= 4 is 55.0 Å². The van der Waals surface area contributed by atoms with Gasteiger partial charge in [0.05, 0.1) is 18.1 Å². The van der Waals surface area contributed by atoms with Gasteiger partial charge >= 0.3 is 5.97 Å². The van der Waals surface area contributed by atoms with E-state index in [-0.39, 0.29) is 24.5 Å². The third-order valence-electron chi connectivity index (χ3n) is 7.70. The number of benzene rings is 2. The summed E-state index contributed by atoms with van der Waals surface area (Å²) in [6, 6.07) is 10.1. The number of carbonyl (C=O) groups excluding carboxylic acids is 4. The van der Waals surface area contributed by atoms with E-state index >= 15 is 0 Å². The zero-order valence-electron chi connectivity index (χ0n) is 25.6. The highest BCUT2D eigenvalue weighted by molar-refractivity contribution is 7.72. The number of rotatable bonds is 17. The number of carboxylic acid groups (broad SMARTS) is 1. The first-order valence-corrected chi connectivity index (χ1v) is 15.1. The average Bonchev–Trinajstić information content (AvgIpc) is 2.97. The van der Waals surface area contributed by atoms with Crippen molar-refractivity contribution in [1.29, 1.82) is 0 Å². The van der Waals surface area contributed by atoms with Gasteiger partial charge in [-0.3, -0.25) is 19.2 Å². The molecule has 0 aliphatic heterocycles. The van der Waals surface area contributed by atoms with Crippen LogP contribution in [0.1, 0.15) is 45.2 Å². The molecule has 2 aromatic rings. The highest BCUT2D eigenvalue weighted by Gasteiger charge is 2.51. The van der Waals surface area contributed by atoms with Crippen LogP contribution in [0.2, 0.25) is 0 Å². The molecule has 2 aromatic carbocycles. The lowest BCUT2D eigenvalue weighted by Gasteiger charge is -2.56. The second kappa shape index (κ2) is 16.8. The number of aromatic hydroxyl groups is 1. The molecule has 45 heavy (non-hydrogen) atoms. The summed E-state index contributed by atoms with van der Waals surface area (Å²) in [7, 11) is 0. The maximum absolute atomic E-state index is 14.3. The molecule has 0 saturated heterocycles. The molecule has 14 heteroatoms. The molecule has 0 aromatic heterocycles. The Balaban J connectivity index is 2.40. The smallest absolute Gasteiger partial charge is 0.328 e. The normalized spacial score (nSPS) is 16.1. The lowest BCUT2D eigenvalue weighted by atomic mass is 9.75. The molecular formula is C31H41N5O7S2-2. The van der Waals surface area contributed by atoms with Gasteiger partial charge in [0.25, 0.3) is 0 Å². The topological polar surface area (TPSA) is 205 Å². The maximum atomic E-state index is 14.3. The van der Waals surface area contributed by atoms with E-state index in [1.54, 1.807) is 56.3 Å². The number of ketones is 2. The van der Waals surface area contributed by atoms with E-state index < -0.39 is 71.4 Å². The number of hydrogen-bond donors (Lipinski definition) is 6. The summed E-state index contributed by atoms with van der Waals surface area (Å²) in [4.78, 5) is 66.2. The molecule has 246 valence electrons. The van der Waals surface area contributed by atoms with Gasteiger partial charge in [0.1, 0.15) is 23.1 Å². The summed E-state index contributed by atoms with van der Waals surface area (Å²) >= 11 is 10.3. The molecule has 0 radical (unpaired) electrons. The Kier molecular flexibility index (Phi) is 14.1. The summed E-state index contributed by atoms with van der Waals surface area (Å²) in [6.45, 7) is 6.26. The van der Waals surface area contributed by atoms with Crippen molar-refractivity contribution in [2.45, 2.75) is 76.7 Å². The highest BCUT2D eigenvalue weighted by atomic mass is 32.2. The molecule has 12 nitrogen and oxygen atoms in total. The van der Waals surface area contributed by atoms with Crippen LogP contribution in [0.5, 0.6) is 5.75 Å². The molecule has 0 aliphatic carbocycles. The van der Waals surface area contributed by atoms with Crippen LogP contribution >= 0.6 is 0 Å². The summed E-state index contributed by atoms with van der Waals surface area (Å²) in [5.74, 6) is -6.05. The van der Waals surface area contributed by atoms with E-state index in [9.17, 15) is 34.2 Å². The number of aliphatic carboxylic acids is 1. The van der Waals surface area contributed by atoms with Crippen molar-refractivity contribution in [3.63, 3.8) is 0 Å². The fourth-order valence-electron chi connectivity index (χ4n) is 4.81. The molecule has 0 saturated carbocycles. The van der Waals surface area contributed by atoms with Gasteiger partial charge in [0.2, 0.25) is 11.8 Å². The molecule has 2 amide bonds. The standard InChI is InChI=1S/C31H41N5O7S2/c1-17(2)26(33)29(41)34-19(4)28(40)35-24(16-20-8-6-5-7-9-20)27(39)31(30(42)43,36(44)45)18(3)14-25(38)23(32)15-21-10-12-22(37)13-11-21/h5-13,17-19,23-24,26,37H,14-16,32-33H2,1-4H3,(H,34,41)(H,35,40)(H,42,43)/q-2/t18?,19-,23-,24-,26+,31-/m0/s1. The van der Waals surface area contributed by atoms with Crippen LogP contribution in [0.3, 0.4) is 0 Å². The Morgan fingerprint density at radius 1 is 0.844 bits per heavy atom. The van der Waals surface area contributed by atoms with Gasteiger partial charge in [-0.15, -0.1) is 0 Å². The van der Waals surface area contributed by atoms with E-state index in [0.717, 1.165) is 0 Å². The van der Waals surface area contributed by atoms with E-state index in [1.807, 2.05) is 0 Å². The Morgan fingerprint density at radius 3 is 1.91 bits per heavy atom. The minimum absolute atomic E-state index is 0.0427. The number of nitrogens with one attached hydrogen (secondary N) is 2. The number of carboxylic acids is 1. The Hall–Kier alpha value is -3.43. The minimum atomic E-state index is -2.60. The first-order valence-electron chi connectivity index (χ1n) is 14.4. The molecule has 1 unspecified atom stereocenters.